The Morgan fingerprint density at radius 2 is 2.03 bits per heavy atom. The van der Waals surface area contributed by atoms with Crippen molar-refractivity contribution in [2.24, 2.45) is 0 Å². The molecule has 9 heteroatoms. The highest BCUT2D eigenvalue weighted by Crippen LogP contribution is 2.30. The molecule has 6 nitrogen and oxygen atoms in total. The van der Waals surface area contributed by atoms with E-state index in [0.717, 1.165) is 37.9 Å². The first kappa shape index (κ1) is 20.1. The molecule has 0 spiro atoms. The first-order valence-electron chi connectivity index (χ1n) is 9.82. The van der Waals surface area contributed by atoms with E-state index in [9.17, 15) is 18.0 Å². The van der Waals surface area contributed by atoms with Gasteiger partial charge in [-0.25, -0.2) is 4.98 Å². The Morgan fingerprint density at radius 3 is 2.77 bits per heavy atom. The van der Waals surface area contributed by atoms with Crippen LogP contribution in [0.5, 0.6) is 0 Å². The number of aromatic amines is 1. The fourth-order valence-electron chi connectivity index (χ4n) is 3.69. The quantitative estimate of drug-likeness (QED) is 0.453. The third kappa shape index (κ3) is 3.55. The Labute approximate surface area is 170 Å². The molecule has 3 aromatic heterocycles. The number of anilines is 1. The summed E-state index contributed by atoms with van der Waals surface area (Å²) in [6, 6.07) is 4.95. The molecule has 4 rings (SSSR count). The molecule has 0 aliphatic rings. The molecule has 4 aromatic rings. The van der Waals surface area contributed by atoms with Crippen LogP contribution < -0.4 is 11.3 Å². The Hall–Kier alpha value is -3.23. The first-order chi connectivity index (χ1) is 14.3. The molecule has 0 unspecified atom stereocenters. The van der Waals surface area contributed by atoms with Gasteiger partial charge >= 0.3 is 6.18 Å². The summed E-state index contributed by atoms with van der Waals surface area (Å²) >= 11 is 0. The number of pyridine rings is 1. The van der Waals surface area contributed by atoms with Crippen LogP contribution >= 0.6 is 0 Å². The Bertz CT molecular complexity index is 1270. The highest BCUT2D eigenvalue weighted by Gasteiger charge is 2.30. The fraction of sp³-hybridized carbons (Fsp3) is 0.333. The summed E-state index contributed by atoms with van der Waals surface area (Å²) in [5.74, 6) is 0. The Kier molecular flexibility index (Phi) is 5.05. The molecule has 0 fully saturated rings. The van der Waals surface area contributed by atoms with Crippen LogP contribution in [0, 0.1) is 0 Å². The highest BCUT2D eigenvalue weighted by molar-refractivity contribution is 6.05. The number of halogens is 3. The van der Waals surface area contributed by atoms with E-state index in [2.05, 4.69) is 17.0 Å². The van der Waals surface area contributed by atoms with Crippen molar-refractivity contribution in [3.63, 3.8) is 0 Å². The van der Waals surface area contributed by atoms with E-state index < -0.39 is 11.7 Å². The summed E-state index contributed by atoms with van der Waals surface area (Å²) < 4.78 is 42.2. The second kappa shape index (κ2) is 7.55. The second-order valence-corrected chi connectivity index (χ2v) is 7.42. The number of nitrogens with zero attached hydrogens (tertiary/aromatic N) is 3. The van der Waals surface area contributed by atoms with Crippen LogP contribution in [0.15, 0.2) is 41.5 Å². The van der Waals surface area contributed by atoms with Crippen molar-refractivity contribution in [2.45, 2.75) is 45.5 Å². The predicted octanol–water partition coefficient (Wildman–Crippen LogP) is 4.52. The Balaban J connectivity index is 1.74. The van der Waals surface area contributed by atoms with Crippen LogP contribution in [-0.2, 0) is 19.3 Å². The summed E-state index contributed by atoms with van der Waals surface area (Å²) in [6.07, 6.45) is 2.01. The maximum Gasteiger partial charge on any atom is 0.416 e. The van der Waals surface area contributed by atoms with Gasteiger partial charge in [0.2, 0.25) is 0 Å². The molecule has 0 aliphatic carbocycles. The smallest absolute Gasteiger partial charge is 0.397 e. The zero-order valence-electron chi connectivity index (χ0n) is 16.5. The Morgan fingerprint density at radius 1 is 1.23 bits per heavy atom. The number of aryl methyl sites for hydroxylation is 1. The van der Waals surface area contributed by atoms with Crippen LogP contribution in [0.2, 0.25) is 0 Å². The minimum Gasteiger partial charge on any atom is -0.397 e. The largest absolute Gasteiger partial charge is 0.416 e. The van der Waals surface area contributed by atoms with Crippen molar-refractivity contribution in [2.75, 3.05) is 5.73 Å². The molecule has 30 heavy (non-hydrogen) atoms. The van der Waals surface area contributed by atoms with Gasteiger partial charge in [0.25, 0.3) is 5.56 Å². The van der Waals surface area contributed by atoms with E-state index >= 15 is 0 Å². The summed E-state index contributed by atoms with van der Waals surface area (Å²) in [5, 5.41) is 4.08. The van der Waals surface area contributed by atoms with Crippen molar-refractivity contribution < 1.29 is 13.2 Å². The van der Waals surface area contributed by atoms with E-state index in [-0.39, 0.29) is 17.5 Å². The lowest BCUT2D eigenvalue weighted by Crippen LogP contribution is -2.16. The lowest BCUT2D eigenvalue weighted by atomic mass is 10.1. The molecule has 0 saturated heterocycles. The molecule has 3 heterocycles. The van der Waals surface area contributed by atoms with Gasteiger partial charge < -0.3 is 15.4 Å². The minimum atomic E-state index is -4.44. The molecule has 0 aliphatic heterocycles. The van der Waals surface area contributed by atoms with Crippen LogP contribution in [0.1, 0.15) is 37.3 Å². The van der Waals surface area contributed by atoms with Crippen molar-refractivity contribution in [3.05, 3.63) is 58.1 Å². The molecule has 1 aromatic carbocycles. The number of aromatic nitrogens is 4. The van der Waals surface area contributed by atoms with Gasteiger partial charge in [-0.1, -0.05) is 31.9 Å². The average Bonchev–Trinajstić information content (AvgIpc) is 3.24. The molecule has 0 bridgehead atoms. The normalized spacial score (nSPS) is 12.3. The number of nitrogen functional groups attached to an aromatic ring is 1. The number of benzene rings is 1. The van der Waals surface area contributed by atoms with Gasteiger partial charge in [-0.15, -0.1) is 0 Å². The van der Waals surface area contributed by atoms with Crippen molar-refractivity contribution in [1.29, 1.82) is 0 Å². The second-order valence-electron chi connectivity index (χ2n) is 7.42. The maximum absolute atomic E-state index is 13.0. The van der Waals surface area contributed by atoms with Crippen molar-refractivity contribution >= 4 is 27.6 Å². The number of nitrogens with one attached hydrogen (secondary N) is 1. The molecular formula is C21H22F3N5O. The van der Waals surface area contributed by atoms with Gasteiger partial charge in [-0.05, 0) is 24.1 Å². The predicted molar refractivity (Wildman–Crippen MR) is 110 cm³/mol. The van der Waals surface area contributed by atoms with Gasteiger partial charge in [0.05, 0.1) is 34.1 Å². The van der Waals surface area contributed by atoms with Gasteiger partial charge in [-0.3, -0.25) is 9.48 Å². The number of fused-ring (bicyclic) bond motifs is 2. The summed E-state index contributed by atoms with van der Waals surface area (Å²) in [7, 11) is 0. The number of hydrogen-bond donors (Lipinski definition) is 2. The number of H-pyrrole nitrogens is 1. The number of nitrogens with two attached hydrogens (primary N) is 1. The fourth-order valence-corrected chi connectivity index (χ4v) is 3.69. The molecular weight excluding hydrogens is 395 g/mol. The molecule has 0 saturated carbocycles. The van der Waals surface area contributed by atoms with Crippen molar-refractivity contribution in [3.8, 4) is 0 Å². The highest BCUT2D eigenvalue weighted by atomic mass is 19.4. The summed E-state index contributed by atoms with van der Waals surface area (Å²) in [6.45, 7) is 2.88. The van der Waals surface area contributed by atoms with E-state index in [0.29, 0.717) is 27.8 Å². The minimum absolute atomic E-state index is 0.00536. The topological polar surface area (TPSA) is 81.6 Å². The van der Waals surface area contributed by atoms with Crippen LogP contribution in [-0.4, -0.2) is 19.3 Å². The standard InChI is InChI=1S/C21H22F3N5O/c1-2-3-4-8-29-19-15(10-26-29)18(25)17-16(27-19)12-28(20(17)30)11-13-6-5-7-14(9-13)21(22,23)24/h5-7,9-10,12,26H,2-4,8,11,25H2,1H3. The zero-order valence-corrected chi connectivity index (χ0v) is 16.5. The number of alkyl halides is 3. The monoisotopic (exact) mass is 417 g/mol. The van der Waals surface area contributed by atoms with E-state index in [1.165, 1.54) is 10.6 Å². The molecule has 0 radical (unpaired) electrons. The van der Waals surface area contributed by atoms with Gasteiger partial charge in [0.15, 0.2) is 5.65 Å². The number of rotatable bonds is 6. The van der Waals surface area contributed by atoms with Gasteiger partial charge in [0, 0.05) is 18.9 Å². The molecule has 0 atom stereocenters. The van der Waals surface area contributed by atoms with Gasteiger partial charge in [0.1, 0.15) is 0 Å². The van der Waals surface area contributed by atoms with E-state index in [1.54, 1.807) is 18.5 Å². The number of hydrogen-bond acceptors (Lipinski definition) is 3. The van der Waals surface area contributed by atoms with E-state index in [4.69, 9.17) is 5.73 Å². The third-order valence-corrected chi connectivity index (χ3v) is 5.25. The van der Waals surface area contributed by atoms with Crippen LogP contribution in [0.3, 0.4) is 0 Å². The molecule has 158 valence electrons. The summed E-state index contributed by atoms with van der Waals surface area (Å²) in [4.78, 5) is 17.5. The third-order valence-electron chi connectivity index (χ3n) is 5.25. The lowest BCUT2D eigenvalue weighted by Gasteiger charge is -2.08. The SMILES string of the molecule is CCCCCn1[nH]cc2c(N)c3c(=O)n(Cc4cccc(C(F)(F)F)c4)cc3nc21. The van der Waals surface area contributed by atoms with Crippen LogP contribution in [0.4, 0.5) is 18.9 Å². The molecule has 0 amide bonds. The van der Waals surface area contributed by atoms with Gasteiger partial charge in [-0.2, -0.15) is 13.2 Å². The van der Waals surface area contributed by atoms with Crippen molar-refractivity contribution in [1.82, 2.24) is 19.3 Å². The summed E-state index contributed by atoms with van der Waals surface area (Å²) in [5.41, 5.74) is 6.96. The average molecular weight is 417 g/mol. The first-order valence-corrected chi connectivity index (χ1v) is 9.82. The number of unbranched alkanes of at least 4 members (excludes halogenated alkanes) is 2. The van der Waals surface area contributed by atoms with Crippen LogP contribution in [0.25, 0.3) is 21.9 Å². The zero-order chi connectivity index (χ0) is 21.5. The molecule has 3 N–H and O–H groups in total. The van der Waals surface area contributed by atoms with E-state index in [1.807, 2.05) is 4.68 Å². The maximum atomic E-state index is 13.0. The lowest BCUT2D eigenvalue weighted by molar-refractivity contribution is -0.137.